The third kappa shape index (κ3) is 2.40. The van der Waals surface area contributed by atoms with E-state index in [1.54, 1.807) is 17.8 Å². The molecule has 0 unspecified atom stereocenters. The van der Waals surface area contributed by atoms with Crippen molar-refractivity contribution in [2.24, 2.45) is 7.05 Å². The molecule has 16 heavy (non-hydrogen) atoms. The molecule has 2 aromatic heterocycles. The van der Waals surface area contributed by atoms with Crippen molar-refractivity contribution in [1.82, 2.24) is 19.7 Å². The average molecular weight is 236 g/mol. The Morgan fingerprint density at radius 2 is 2.19 bits per heavy atom. The molecule has 0 spiro atoms. The molecule has 0 bridgehead atoms. The van der Waals surface area contributed by atoms with E-state index in [1.165, 1.54) is 18.1 Å². The summed E-state index contributed by atoms with van der Waals surface area (Å²) < 4.78 is 1.69. The van der Waals surface area contributed by atoms with Gasteiger partial charge in [0.25, 0.3) is 0 Å². The molecule has 5 nitrogen and oxygen atoms in total. The molecule has 0 amide bonds. The molecular formula is C10H12N4OS. The lowest BCUT2D eigenvalue weighted by molar-refractivity contribution is 0.198. The van der Waals surface area contributed by atoms with Crippen LogP contribution in [-0.4, -0.2) is 24.9 Å². The zero-order valence-electron chi connectivity index (χ0n) is 9.03. The Morgan fingerprint density at radius 1 is 1.38 bits per heavy atom. The Balaban J connectivity index is 2.14. The minimum atomic E-state index is -0.485. The van der Waals surface area contributed by atoms with Crippen LogP contribution in [0, 0.1) is 0 Å². The highest BCUT2D eigenvalue weighted by Gasteiger charge is 2.06. The van der Waals surface area contributed by atoms with E-state index in [1.807, 2.05) is 19.2 Å². The molecule has 0 fully saturated rings. The fourth-order valence-electron chi connectivity index (χ4n) is 1.17. The van der Waals surface area contributed by atoms with Gasteiger partial charge < -0.3 is 5.11 Å². The predicted octanol–water partition coefficient (Wildman–Crippen LogP) is 1.41. The van der Waals surface area contributed by atoms with E-state index in [-0.39, 0.29) is 0 Å². The van der Waals surface area contributed by atoms with Crippen molar-refractivity contribution in [2.45, 2.75) is 23.2 Å². The van der Waals surface area contributed by atoms with Crippen molar-refractivity contribution in [3.8, 4) is 0 Å². The molecule has 0 saturated heterocycles. The van der Waals surface area contributed by atoms with Gasteiger partial charge in [0, 0.05) is 13.2 Å². The second-order valence-electron chi connectivity index (χ2n) is 3.37. The zero-order valence-corrected chi connectivity index (χ0v) is 9.85. The van der Waals surface area contributed by atoms with Gasteiger partial charge in [0.2, 0.25) is 0 Å². The van der Waals surface area contributed by atoms with Gasteiger partial charge in [0.1, 0.15) is 11.4 Å². The van der Waals surface area contributed by atoms with E-state index < -0.39 is 6.10 Å². The monoisotopic (exact) mass is 236 g/mol. The van der Waals surface area contributed by atoms with Gasteiger partial charge in [-0.15, -0.1) is 0 Å². The van der Waals surface area contributed by atoms with E-state index in [9.17, 15) is 5.11 Å². The Bertz CT molecular complexity index is 466. The lowest BCUT2D eigenvalue weighted by atomic mass is 10.2. The number of aryl methyl sites for hydroxylation is 1. The fourth-order valence-corrected chi connectivity index (χ4v) is 1.88. The number of aliphatic hydroxyl groups excluding tert-OH is 1. The molecule has 0 saturated carbocycles. The van der Waals surface area contributed by atoms with Gasteiger partial charge in [0.15, 0.2) is 5.16 Å². The van der Waals surface area contributed by atoms with Gasteiger partial charge >= 0.3 is 0 Å². The van der Waals surface area contributed by atoms with Crippen LogP contribution in [0.4, 0.5) is 0 Å². The largest absolute Gasteiger partial charge is 0.389 e. The minimum absolute atomic E-state index is 0.485. The zero-order chi connectivity index (χ0) is 11.5. The molecule has 0 aliphatic rings. The van der Waals surface area contributed by atoms with E-state index >= 15 is 0 Å². The van der Waals surface area contributed by atoms with Crippen LogP contribution in [0.15, 0.2) is 34.8 Å². The minimum Gasteiger partial charge on any atom is -0.389 e. The van der Waals surface area contributed by atoms with Crippen molar-refractivity contribution in [1.29, 1.82) is 0 Å². The summed E-state index contributed by atoms with van der Waals surface area (Å²) in [7, 11) is 1.83. The third-order valence-corrected chi connectivity index (χ3v) is 3.11. The smallest absolute Gasteiger partial charge is 0.192 e. The van der Waals surface area contributed by atoms with Crippen LogP contribution in [0.2, 0.25) is 0 Å². The van der Waals surface area contributed by atoms with Gasteiger partial charge in [-0.25, -0.2) is 14.6 Å². The third-order valence-electron chi connectivity index (χ3n) is 2.11. The summed E-state index contributed by atoms with van der Waals surface area (Å²) >= 11 is 1.44. The first kappa shape index (κ1) is 11.1. The highest BCUT2D eigenvalue weighted by Crippen LogP contribution is 2.23. The van der Waals surface area contributed by atoms with Gasteiger partial charge in [-0.05, 0) is 30.3 Å². The van der Waals surface area contributed by atoms with Crippen LogP contribution in [0.1, 0.15) is 18.6 Å². The average Bonchev–Trinajstić information content (AvgIpc) is 2.65. The quantitative estimate of drug-likeness (QED) is 0.873. The van der Waals surface area contributed by atoms with Gasteiger partial charge in [-0.2, -0.15) is 5.10 Å². The van der Waals surface area contributed by atoms with Crippen LogP contribution in [0.3, 0.4) is 0 Å². The first-order valence-corrected chi connectivity index (χ1v) is 5.64. The van der Waals surface area contributed by atoms with Crippen molar-refractivity contribution < 1.29 is 5.11 Å². The number of hydrogen-bond acceptors (Lipinski definition) is 5. The molecule has 0 radical (unpaired) electrons. The van der Waals surface area contributed by atoms with E-state index in [4.69, 9.17) is 0 Å². The lowest BCUT2D eigenvalue weighted by Gasteiger charge is -2.04. The molecule has 0 aliphatic heterocycles. The van der Waals surface area contributed by atoms with Gasteiger partial charge in [-0.1, -0.05) is 6.07 Å². The second kappa shape index (κ2) is 4.63. The molecule has 1 atom stereocenters. The Hall–Kier alpha value is -1.40. The normalized spacial score (nSPS) is 12.7. The molecule has 0 aliphatic carbocycles. The molecular weight excluding hydrogens is 224 g/mol. The maximum atomic E-state index is 9.34. The predicted molar refractivity (Wildman–Crippen MR) is 60.0 cm³/mol. The summed E-state index contributed by atoms with van der Waals surface area (Å²) in [4.78, 5) is 8.33. The highest BCUT2D eigenvalue weighted by molar-refractivity contribution is 7.99. The molecule has 6 heteroatoms. The van der Waals surface area contributed by atoms with E-state index in [0.717, 1.165) is 15.7 Å². The molecule has 2 rings (SSSR count). The number of nitrogens with zero attached hydrogens (tertiary/aromatic N) is 4. The van der Waals surface area contributed by atoms with Crippen LogP contribution >= 0.6 is 11.8 Å². The lowest BCUT2D eigenvalue weighted by Crippen LogP contribution is -1.95. The van der Waals surface area contributed by atoms with Crippen molar-refractivity contribution in [3.05, 3.63) is 30.2 Å². The number of aromatic nitrogens is 4. The number of hydrogen-bond donors (Lipinski definition) is 1. The molecule has 2 aromatic rings. The summed E-state index contributed by atoms with van der Waals surface area (Å²) in [5.41, 5.74) is 0.808. The molecule has 0 aromatic carbocycles. The van der Waals surface area contributed by atoms with Gasteiger partial charge in [-0.3, -0.25) is 0 Å². The Labute approximate surface area is 97.5 Å². The van der Waals surface area contributed by atoms with Gasteiger partial charge in [0.05, 0.1) is 6.10 Å². The summed E-state index contributed by atoms with van der Waals surface area (Å²) in [6, 6.07) is 3.72. The Kier molecular flexibility index (Phi) is 3.21. The Morgan fingerprint density at radius 3 is 2.69 bits per heavy atom. The fraction of sp³-hybridized carbons (Fsp3) is 0.300. The standard InChI is InChI=1S/C10H12N4OS/c1-7(15)8-3-4-9(11-5-8)16-10-12-6-13-14(10)2/h3-7,15H,1-2H3/t7-/m0/s1. The number of pyridine rings is 1. The summed E-state index contributed by atoms with van der Waals surface area (Å²) in [6.07, 6.45) is 2.69. The summed E-state index contributed by atoms with van der Waals surface area (Å²) in [5.74, 6) is 0. The number of aliphatic hydroxyl groups is 1. The SMILES string of the molecule is C[C@H](O)c1ccc(Sc2ncnn2C)nc1. The summed E-state index contributed by atoms with van der Waals surface area (Å²) in [5, 5.41) is 14.9. The van der Waals surface area contributed by atoms with Crippen LogP contribution in [-0.2, 0) is 7.05 Å². The second-order valence-corrected chi connectivity index (χ2v) is 4.36. The van der Waals surface area contributed by atoms with Crippen LogP contribution in [0.5, 0.6) is 0 Å². The van der Waals surface area contributed by atoms with Crippen molar-refractivity contribution >= 4 is 11.8 Å². The van der Waals surface area contributed by atoms with Crippen molar-refractivity contribution in [2.75, 3.05) is 0 Å². The maximum Gasteiger partial charge on any atom is 0.192 e. The maximum absolute atomic E-state index is 9.34. The number of rotatable bonds is 3. The molecule has 2 heterocycles. The topological polar surface area (TPSA) is 63.8 Å². The van der Waals surface area contributed by atoms with Crippen LogP contribution in [0.25, 0.3) is 0 Å². The highest BCUT2D eigenvalue weighted by atomic mass is 32.2. The van der Waals surface area contributed by atoms with Crippen LogP contribution < -0.4 is 0 Å². The molecule has 1 N–H and O–H groups in total. The van der Waals surface area contributed by atoms with E-state index in [0.29, 0.717) is 0 Å². The summed E-state index contributed by atoms with van der Waals surface area (Å²) in [6.45, 7) is 1.71. The first-order valence-electron chi connectivity index (χ1n) is 4.82. The molecule has 84 valence electrons. The first-order chi connectivity index (χ1) is 7.66. The van der Waals surface area contributed by atoms with Crippen molar-refractivity contribution in [3.63, 3.8) is 0 Å². The van der Waals surface area contributed by atoms with E-state index in [2.05, 4.69) is 15.1 Å².